The molecule has 4 heterocycles. The Morgan fingerprint density at radius 3 is 2.70 bits per heavy atom. The first kappa shape index (κ1) is 25.9. The Bertz CT molecular complexity index is 1440. The van der Waals surface area contributed by atoms with Gasteiger partial charge in [-0.3, -0.25) is 4.79 Å². The number of methoxy groups -OCH3 is 1. The van der Waals surface area contributed by atoms with Crippen LogP contribution in [0, 0.1) is 0 Å². The van der Waals surface area contributed by atoms with Crippen LogP contribution in [-0.2, 0) is 4.79 Å². The molecule has 192 valence electrons. The van der Waals surface area contributed by atoms with E-state index in [1.807, 2.05) is 67.0 Å². The Morgan fingerprint density at radius 2 is 1.97 bits per heavy atom. The summed E-state index contributed by atoms with van der Waals surface area (Å²) >= 11 is 6.43. The monoisotopic (exact) mass is 520 g/mol. The highest BCUT2D eigenvalue weighted by molar-refractivity contribution is 6.34. The molecule has 4 aromatic heterocycles. The molecule has 0 aliphatic carbocycles. The molecule has 11 heteroatoms. The quantitative estimate of drug-likeness (QED) is 0.298. The maximum atomic E-state index is 12.2. The molecular weight excluding hydrogens is 492 g/mol. The Balaban J connectivity index is 1.71. The van der Waals surface area contributed by atoms with E-state index in [1.165, 1.54) is 13.2 Å². The van der Waals surface area contributed by atoms with Crippen LogP contribution in [0.4, 0.5) is 23.1 Å². The summed E-state index contributed by atoms with van der Waals surface area (Å²) in [5.41, 5.74) is 3.37. The molecule has 0 spiro atoms. The molecule has 0 bridgehead atoms. The third kappa shape index (κ3) is 5.82. The molecule has 10 nitrogen and oxygen atoms in total. The molecule has 0 fully saturated rings. The number of aromatic nitrogens is 4. The zero-order valence-corrected chi connectivity index (χ0v) is 22.0. The van der Waals surface area contributed by atoms with Crippen LogP contribution in [0.5, 0.6) is 5.88 Å². The van der Waals surface area contributed by atoms with Crippen LogP contribution in [0.25, 0.3) is 16.9 Å². The number of anilines is 4. The summed E-state index contributed by atoms with van der Waals surface area (Å²) in [4.78, 5) is 29.9. The molecule has 37 heavy (non-hydrogen) atoms. The number of halogens is 1. The number of ether oxygens (including phenoxy) is 1. The highest BCUT2D eigenvalue weighted by atomic mass is 35.5. The average molecular weight is 521 g/mol. The fourth-order valence-corrected chi connectivity index (χ4v) is 4.00. The maximum absolute atomic E-state index is 12.2. The number of rotatable bonds is 10. The van der Waals surface area contributed by atoms with Crippen LogP contribution in [0.15, 0.2) is 61.4 Å². The minimum absolute atomic E-state index is 0.327. The van der Waals surface area contributed by atoms with Crippen molar-refractivity contribution in [3.8, 4) is 17.3 Å². The van der Waals surface area contributed by atoms with Crippen LogP contribution in [0.1, 0.15) is 0 Å². The van der Waals surface area contributed by atoms with Gasteiger partial charge in [0.25, 0.3) is 0 Å². The molecule has 4 rings (SSSR count). The van der Waals surface area contributed by atoms with Crippen molar-refractivity contribution in [2.75, 3.05) is 56.9 Å². The zero-order valence-electron chi connectivity index (χ0n) is 21.2. The zero-order chi connectivity index (χ0) is 26.5. The van der Waals surface area contributed by atoms with E-state index in [0.717, 1.165) is 17.8 Å². The Morgan fingerprint density at radius 1 is 1.16 bits per heavy atom. The Kier molecular flexibility index (Phi) is 7.90. The van der Waals surface area contributed by atoms with Gasteiger partial charge in [0.05, 0.1) is 34.7 Å². The minimum atomic E-state index is -0.351. The number of hydrogen-bond donors (Lipinski definition) is 2. The van der Waals surface area contributed by atoms with E-state index in [-0.39, 0.29) is 5.91 Å². The second-order valence-electron chi connectivity index (χ2n) is 8.56. The second kappa shape index (κ2) is 11.3. The number of hydrogen-bond acceptors (Lipinski definition) is 8. The number of nitrogens with one attached hydrogen (secondary N) is 2. The average Bonchev–Trinajstić information content (AvgIpc) is 3.24. The lowest BCUT2D eigenvalue weighted by Crippen LogP contribution is -2.30. The number of pyridine rings is 2. The van der Waals surface area contributed by atoms with Crippen molar-refractivity contribution >= 4 is 46.2 Å². The molecule has 0 aliphatic heterocycles. The van der Waals surface area contributed by atoms with Crippen LogP contribution >= 0.6 is 11.6 Å². The topological polar surface area (TPSA) is 99.9 Å². The third-order valence-electron chi connectivity index (χ3n) is 5.64. The first-order valence-electron chi connectivity index (χ1n) is 11.5. The molecule has 2 N–H and O–H groups in total. The van der Waals surface area contributed by atoms with E-state index in [2.05, 4.69) is 37.1 Å². The van der Waals surface area contributed by atoms with Gasteiger partial charge in [0.15, 0.2) is 5.82 Å². The minimum Gasteiger partial charge on any atom is -0.479 e. The molecule has 0 saturated heterocycles. The summed E-state index contributed by atoms with van der Waals surface area (Å²) in [6, 6.07) is 11.2. The highest BCUT2D eigenvalue weighted by Crippen LogP contribution is 2.35. The van der Waals surface area contributed by atoms with Crippen molar-refractivity contribution in [1.82, 2.24) is 24.3 Å². The van der Waals surface area contributed by atoms with E-state index in [1.54, 1.807) is 12.3 Å². The lowest BCUT2D eigenvalue weighted by Gasteiger charge is -2.24. The van der Waals surface area contributed by atoms with Gasteiger partial charge < -0.3 is 29.6 Å². The first-order chi connectivity index (χ1) is 17.8. The van der Waals surface area contributed by atoms with Gasteiger partial charge in [-0.2, -0.15) is 4.98 Å². The van der Waals surface area contributed by atoms with Crippen molar-refractivity contribution in [2.24, 2.45) is 0 Å². The maximum Gasteiger partial charge on any atom is 0.247 e. The summed E-state index contributed by atoms with van der Waals surface area (Å²) in [7, 11) is 7.43. The summed E-state index contributed by atoms with van der Waals surface area (Å²) in [6.07, 6.45) is 4.80. The van der Waals surface area contributed by atoms with Crippen LogP contribution < -0.4 is 20.3 Å². The summed E-state index contributed by atoms with van der Waals surface area (Å²) in [5.74, 6) is 0.863. The van der Waals surface area contributed by atoms with Gasteiger partial charge in [-0.05, 0) is 50.5 Å². The standard InChI is InChI=1S/C26H29ClN8O2/c1-6-23(36)29-19-16-20(25(37-5)32-24(19)34(4)14-13-33(2)3)31-26-28-11-10-18(30-26)22-15-17(27)21-9-7-8-12-35(21)22/h6-12,15-16H,1,13-14H2,2-5H3,(H,29,36)(H,28,30,31). The van der Waals surface area contributed by atoms with E-state index >= 15 is 0 Å². The highest BCUT2D eigenvalue weighted by Gasteiger charge is 2.19. The van der Waals surface area contributed by atoms with E-state index in [4.69, 9.17) is 16.3 Å². The number of likely N-dealkylation sites (N-methyl/N-ethyl adjacent to an activating group) is 2. The molecule has 0 radical (unpaired) electrons. The lowest BCUT2D eigenvalue weighted by molar-refractivity contribution is -0.111. The fraction of sp³-hybridized carbons (Fsp3) is 0.231. The van der Waals surface area contributed by atoms with E-state index < -0.39 is 0 Å². The SMILES string of the molecule is C=CC(=O)Nc1cc(Nc2nccc(-c3cc(Cl)c4ccccn34)n2)c(OC)nc1N(C)CCN(C)C. The largest absolute Gasteiger partial charge is 0.479 e. The number of carbonyl (C=O) groups excluding carboxylic acids is 1. The lowest BCUT2D eigenvalue weighted by atomic mass is 10.3. The van der Waals surface area contributed by atoms with Crippen molar-refractivity contribution in [3.05, 3.63) is 66.5 Å². The predicted molar refractivity (Wildman–Crippen MR) is 148 cm³/mol. The molecule has 0 aliphatic rings. The van der Waals surface area contributed by atoms with Gasteiger partial charge in [0.1, 0.15) is 5.69 Å². The second-order valence-corrected chi connectivity index (χ2v) is 8.97. The van der Waals surface area contributed by atoms with Gasteiger partial charge in [0, 0.05) is 32.5 Å². The first-order valence-corrected chi connectivity index (χ1v) is 11.9. The van der Waals surface area contributed by atoms with Gasteiger partial charge in [-0.25, -0.2) is 9.97 Å². The molecule has 0 aromatic carbocycles. The summed E-state index contributed by atoms with van der Waals surface area (Å²) in [5, 5.41) is 6.65. The van der Waals surface area contributed by atoms with Crippen molar-refractivity contribution in [1.29, 1.82) is 0 Å². The van der Waals surface area contributed by atoms with Crippen molar-refractivity contribution in [3.63, 3.8) is 0 Å². The van der Waals surface area contributed by atoms with Crippen LogP contribution in [0.3, 0.4) is 0 Å². The van der Waals surface area contributed by atoms with Crippen LogP contribution in [-0.4, -0.2) is 71.5 Å². The van der Waals surface area contributed by atoms with E-state index in [0.29, 0.717) is 46.3 Å². The van der Waals surface area contributed by atoms with Gasteiger partial charge in [-0.15, -0.1) is 0 Å². The van der Waals surface area contributed by atoms with Gasteiger partial charge >= 0.3 is 0 Å². The van der Waals surface area contributed by atoms with E-state index in [9.17, 15) is 4.79 Å². The Labute approximate surface area is 220 Å². The van der Waals surface area contributed by atoms with Gasteiger partial charge in [0.2, 0.25) is 17.7 Å². The molecule has 0 saturated carbocycles. The molecular formula is C26H29ClN8O2. The third-order valence-corrected chi connectivity index (χ3v) is 5.94. The summed E-state index contributed by atoms with van der Waals surface area (Å²) in [6.45, 7) is 5.04. The summed E-state index contributed by atoms with van der Waals surface area (Å²) < 4.78 is 7.55. The normalized spacial score (nSPS) is 11.0. The molecule has 1 amide bonds. The molecule has 0 unspecified atom stereocenters. The smallest absolute Gasteiger partial charge is 0.247 e. The number of amides is 1. The number of carbonyl (C=O) groups is 1. The van der Waals surface area contributed by atoms with Crippen LogP contribution in [0.2, 0.25) is 5.02 Å². The predicted octanol–water partition coefficient (Wildman–Crippen LogP) is 4.32. The number of fused-ring (bicyclic) bond motifs is 1. The van der Waals surface area contributed by atoms with Crippen molar-refractivity contribution in [2.45, 2.75) is 0 Å². The molecule has 0 atom stereocenters. The molecule has 4 aromatic rings. The fourth-order valence-electron chi connectivity index (χ4n) is 3.75. The van der Waals surface area contributed by atoms with Crippen molar-refractivity contribution < 1.29 is 9.53 Å². The Hall–Kier alpha value is -4.15. The van der Waals surface area contributed by atoms with Gasteiger partial charge in [-0.1, -0.05) is 24.2 Å². The number of nitrogens with zero attached hydrogens (tertiary/aromatic N) is 6.